The average molecular weight is 479 g/mol. The van der Waals surface area contributed by atoms with E-state index in [9.17, 15) is 21.6 Å². The molecule has 8 nitrogen and oxygen atoms in total. The van der Waals surface area contributed by atoms with E-state index in [0.29, 0.717) is 57.9 Å². The van der Waals surface area contributed by atoms with Gasteiger partial charge in [0, 0.05) is 51.5 Å². The van der Waals surface area contributed by atoms with Gasteiger partial charge >= 0.3 is 6.18 Å². The molecule has 2 aliphatic rings. The molecule has 4 rings (SSSR count). The molecule has 0 unspecified atom stereocenters. The van der Waals surface area contributed by atoms with Crippen molar-refractivity contribution in [3.63, 3.8) is 0 Å². The molecule has 2 saturated heterocycles. The molecule has 0 aliphatic carbocycles. The Labute approximate surface area is 183 Å². The Morgan fingerprint density at radius 1 is 1.06 bits per heavy atom. The molecule has 0 atom stereocenters. The Bertz CT molecular complexity index is 1000. The van der Waals surface area contributed by atoms with E-state index in [4.69, 9.17) is 11.6 Å². The molecule has 2 fully saturated rings. The SMILES string of the molecule is O=S(=O)(c1cnc[nH]1)N1CCC(N2CCN(c3ncc(C(F)(F)F)cc3Cl)CC2)CC1. The van der Waals surface area contributed by atoms with Gasteiger partial charge in [-0.05, 0) is 18.9 Å². The van der Waals surface area contributed by atoms with Crippen LogP contribution in [-0.2, 0) is 16.2 Å². The summed E-state index contributed by atoms with van der Waals surface area (Å²) in [5.74, 6) is 0.356. The Morgan fingerprint density at radius 3 is 2.29 bits per heavy atom. The lowest BCUT2D eigenvalue weighted by molar-refractivity contribution is -0.137. The highest BCUT2D eigenvalue weighted by Crippen LogP contribution is 2.34. The van der Waals surface area contributed by atoms with Crippen LogP contribution in [-0.4, -0.2) is 77.9 Å². The van der Waals surface area contributed by atoms with Crippen LogP contribution >= 0.6 is 11.6 Å². The van der Waals surface area contributed by atoms with Gasteiger partial charge in [0.2, 0.25) is 0 Å². The van der Waals surface area contributed by atoms with Crippen LogP contribution in [0.4, 0.5) is 19.0 Å². The summed E-state index contributed by atoms with van der Waals surface area (Å²) in [4.78, 5) is 14.6. The number of anilines is 1. The number of hydrogen-bond donors (Lipinski definition) is 1. The van der Waals surface area contributed by atoms with E-state index in [2.05, 4.69) is 19.9 Å². The van der Waals surface area contributed by atoms with Gasteiger partial charge in [-0.2, -0.15) is 17.5 Å². The average Bonchev–Trinajstić information content (AvgIpc) is 3.29. The fourth-order valence-electron chi connectivity index (χ4n) is 4.09. The van der Waals surface area contributed by atoms with Crippen LogP contribution in [0, 0.1) is 0 Å². The summed E-state index contributed by atoms with van der Waals surface area (Å²) in [6, 6.07) is 1.16. The van der Waals surface area contributed by atoms with Gasteiger partial charge in [0.1, 0.15) is 5.82 Å². The molecule has 13 heteroatoms. The number of halogens is 4. The molecule has 4 heterocycles. The number of piperazine rings is 1. The van der Waals surface area contributed by atoms with Crippen LogP contribution in [0.2, 0.25) is 5.02 Å². The van der Waals surface area contributed by atoms with E-state index in [1.54, 1.807) is 0 Å². The number of alkyl halides is 3. The number of piperidine rings is 1. The summed E-state index contributed by atoms with van der Waals surface area (Å²) in [5.41, 5.74) is -0.864. The van der Waals surface area contributed by atoms with Crippen LogP contribution in [0.25, 0.3) is 0 Å². The van der Waals surface area contributed by atoms with E-state index in [-0.39, 0.29) is 16.1 Å². The lowest BCUT2D eigenvalue weighted by Gasteiger charge is -2.42. The Hall–Kier alpha value is -1.89. The van der Waals surface area contributed by atoms with Crippen LogP contribution in [0.15, 0.2) is 29.8 Å². The van der Waals surface area contributed by atoms with Crippen molar-refractivity contribution in [1.82, 2.24) is 24.2 Å². The van der Waals surface area contributed by atoms with E-state index in [1.165, 1.54) is 16.8 Å². The number of aromatic amines is 1. The minimum absolute atomic E-state index is 0.0133. The lowest BCUT2D eigenvalue weighted by atomic mass is 10.0. The van der Waals surface area contributed by atoms with Gasteiger partial charge < -0.3 is 9.88 Å². The largest absolute Gasteiger partial charge is 0.417 e. The van der Waals surface area contributed by atoms with Crippen molar-refractivity contribution in [1.29, 1.82) is 0 Å². The van der Waals surface area contributed by atoms with Crippen molar-refractivity contribution in [2.24, 2.45) is 0 Å². The smallest absolute Gasteiger partial charge is 0.353 e. The van der Waals surface area contributed by atoms with E-state index >= 15 is 0 Å². The molecule has 2 aromatic heterocycles. The highest BCUT2D eigenvalue weighted by atomic mass is 35.5. The molecule has 1 N–H and O–H groups in total. The van der Waals surface area contributed by atoms with Crippen LogP contribution in [0.5, 0.6) is 0 Å². The van der Waals surface area contributed by atoms with Gasteiger partial charge in [-0.1, -0.05) is 11.6 Å². The zero-order valence-electron chi connectivity index (χ0n) is 16.5. The minimum atomic E-state index is -4.48. The third kappa shape index (κ3) is 4.66. The molecule has 0 radical (unpaired) electrons. The number of aromatic nitrogens is 3. The van der Waals surface area contributed by atoms with Gasteiger partial charge in [-0.3, -0.25) is 4.90 Å². The molecular formula is C18H22ClF3N6O2S. The summed E-state index contributed by atoms with van der Waals surface area (Å²) in [6.07, 6.45) is 0.411. The highest BCUT2D eigenvalue weighted by Gasteiger charge is 2.35. The van der Waals surface area contributed by atoms with Gasteiger partial charge in [0.15, 0.2) is 5.03 Å². The third-order valence-electron chi connectivity index (χ3n) is 5.79. The van der Waals surface area contributed by atoms with Gasteiger partial charge in [0.25, 0.3) is 10.0 Å². The van der Waals surface area contributed by atoms with Crippen LogP contribution in [0.1, 0.15) is 18.4 Å². The van der Waals surface area contributed by atoms with Crippen molar-refractivity contribution >= 4 is 27.4 Å². The Balaban J connectivity index is 1.32. The van der Waals surface area contributed by atoms with E-state index in [1.807, 2.05) is 4.90 Å². The van der Waals surface area contributed by atoms with Gasteiger partial charge in [-0.25, -0.2) is 18.4 Å². The molecule has 0 amide bonds. The number of pyridine rings is 1. The van der Waals surface area contributed by atoms with E-state index < -0.39 is 21.8 Å². The molecular weight excluding hydrogens is 457 g/mol. The maximum atomic E-state index is 12.8. The molecule has 170 valence electrons. The predicted octanol–water partition coefficient (Wildman–Crippen LogP) is 2.45. The topological polar surface area (TPSA) is 85.4 Å². The first kappa shape index (κ1) is 22.3. The molecule has 31 heavy (non-hydrogen) atoms. The first-order valence-electron chi connectivity index (χ1n) is 9.86. The monoisotopic (exact) mass is 478 g/mol. The Kier molecular flexibility index (Phi) is 6.16. The summed E-state index contributed by atoms with van der Waals surface area (Å²) >= 11 is 6.07. The number of nitrogens with zero attached hydrogens (tertiary/aromatic N) is 5. The zero-order valence-corrected chi connectivity index (χ0v) is 18.1. The molecule has 0 saturated carbocycles. The number of nitrogens with one attached hydrogen (secondary N) is 1. The second-order valence-electron chi connectivity index (χ2n) is 7.60. The standard InChI is InChI=1S/C18H22ClF3N6O2S/c19-15-9-13(18(20,21)22)10-24-17(15)27-7-5-26(6-8-27)14-1-3-28(4-2-14)31(29,30)16-11-23-12-25-16/h9-12,14H,1-8H2,(H,23,25). The number of H-pyrrole nitrogens is 1. The number of hydrogen-bond acceptors (Lipinski definition) is 6. The molecule has 0 bridgehead atoms. The lowest BCUT2D eigenvalue weighted by Crippen LogP contribution is -2.54. The van der Waals surface area contributed by atoms with Crippen LogP contribution in [0.3, 0.4) is 0 Å². The second kappa shape index (κ2) is 8.57. The first-order valence-corrected chi connectivity index (χ1v) is 11.7. The Morgan fingerprint density at radius 2 is 1.74 bits per heavy atom. The van der Waals surface area contributed by atoms with Gasteiger partial charge in [-0.15, -0.1) is 0 Å². The van der Waals surface area contributed by atoms with Crippen molar-refractivity contribution in [3.05, 3.63) is 35.4 Å². The number of sulfonamides is 1. The van der Waals surface area contributed by atoms with Crippen molar-refractivity contribution < 1.29 is 21.6 Å². The van der Waals surface area contributed by atoms with Gasteiger partial charge in [0.05, 0.1) is 23.1 Å². The zero-order chi connectivity index (χ0) is 22.2. The maximum Gasteiger partial charge on any atom is 0.417 e. The number of rotatable bonds is 4. The summed E-state index contributed by atoms with van der Waals surface area (Å²) in [5, 5.41) is 0.0843. The minimum Gasteiger partial charge on any atom is -0.353 e. The quantitative estimate of drug-likeness (QED) is 0.726. The highest BCUT2D eigenvalue weighted by molar-refractivity contribution is 7.89. The third-order valence-corrected chi connectivity index (χ3v) is 7.90. The molecule has 0 aromatic carbocycles. The fraction of sp³-hybridized carbons (Fsp3) is 0.556. The maximum absolute atomic E-state index is 12.8. The van der Waals surface area contributed by atoms with Crippen LogP contribution < -0.4 is 4.90 Å². The van der Waals surface area contributed by atoms with Crippen molar-refractivity contribution in [2.45, 2.75) is 30.1 Å². The summed E-state index contributed by atoms with van der Waals surface area (Å²) in [7, 11) is -3.55. The first-order chi connectivity index (χ1) is 14.7. The summed E-state index contributed by atoms with van der Waals surface area (Å²) < 4.78 is 65.1. The van der Waals surface area contributed by atoms with Crippen molar-refractivity contribution in [3.8, 4) is 0 Å². The summed E-state index contributed by atoms with van der Waals surface area (Å²) in [6.45, 7) is 3.44. The normalized spacial score (nSPS) is 20.3. The van der Waals surface area contributed by atoms with E-state index in [0.717, 1.165) is 12.3 Å². The molecule has 2 aliphatic heterocycles. The van der Waals surface area contributed by atoms with Crippen molar-refractivity contribution in [2.75, 3.05) is 44.2 Å². The second-order valence-corrected chi connectivity index (χ2v) is 9.91. The predicted molar refractivity (Wildman–Crippen MR) is 108 cm³/mol. The molecule has 0 spiro atoms. The fourth-order valence-corrected chi connectivity index (χ4v) is 5.74. The molecule has 2 aromatic rings. The number of imidazole rings is 1.